The second kappa shape index (κ2) is 6.57. The van der Waals surface area contributed by atoms with Gasteiger partial charge in [-0.2, -0.15) is 11.3 Å². The summed E-state index contributed by atoms with van der Waals surface area (Å²) in [6, 6.07) is 2.77. The predicted octanol–water partition coefficient (Wildman–Crippen LogP) is 1.24. The first kappa shape index (κ1) is 16.4. The zero-order valence-corrected chi connectivity index (χ0v) is 14.7. The highest BCUT2D eigenvalue weighted by Gasteiger charge is 2.56. The van der Waals surface area contributed by atoms with Crippen LogP contribution in [0, 0.1) is 5.41 Å². The first-order valence-corrected chi connectivity index (χ1v) is 10.7. The second-order valence-electron chi connectivity index (χ2n) is 6.60. The summed E-state index contributed by atoms with van der Waals surface area (Å²) in [5.74, 6) is 0. The van der Waals surface area contributed by atoms with E-state index in [9.17, 15) is 8.42 Å². The lowest BCUT2D eigenvalue weighted by atomic mass is 9.93. The molecular formula is C15H25N3O2S2. The Labute approximate surface area is 137 Å². The van der Waals surface area contributed by atoms with Crippen molar-refractivity contribution in [2.75, 3.05) is 32.4 Å². The van der Waals surface area contributed by atoms with Crippen molar-refractivity contribution in [3.05, 3.63) is 22.4 Å². The van der Waals surface area contributed by atoms with E-state index in [0.717, 1.165) is 26.2 Å². The van der Waals surface area contributed by atoms with E-state index in [4.69, 9.17) is 0 Å². The Morgan fingerprint density at radius 2 is 2.23 bits per heavy atom. The number of hydrogen-bond acceptors (Lipinski definition) is 5. The molecule has 1 unspecified atom stereocenters. The lowest BCUT2D eigenvalue weighted by molar-refractivity contribution is 0.198. The van der Waals surface area contributed by atoms with Crippen LogP contribution in [-0.4, -0.2) is 51.8 Å². The molecule has 1 atom stereocenters. The molecule has 2 heterocycles. The highest BCUT2D eigenvalue weighted by atomic mass is 32.2. The van der Waals surface area contributed by atoms with Crippen molar-refractivity contribution in [3.8, 4) is 0 Å². The lowest BCUT2D eigenvalue weighted by Gasteiger charge is -2.29. The maximum Gasteiger partial charge on any atom is 0.208 e. The molecule has 1 aromatic rings. The lowest BCUT2D eigenvalue weighted by Crippen LogP contribution is -2.39. The van der Waals surface area contributed by atoms with Crippen molar-refractivity contribution in [2.24, 2.45) is 5.41 Å². The van der Waals surface area contributed by atoms with E-state index in [0.29, 0.717) is 18.0 Å². The minimum atomic E-state index is -3.11. The molecule has 2 N–H and O–H groups in total. The summed E-state index contributed by atoms with van der Waals surface area (Å²) in [5, 5.41) is 7.74. The van der Waals surface area contributed by atoms with Gasteiger partial charge in [-0.3, -0.25) is 4.90 Å². The van der Waals surface area contributed by atoms with E-state index < -0.39 is 10.0 Å². The third-order valence-corrected chi connectivity index (χ3v) is 6.38. The van der Waals surface area contributed by atoms with Gasteiger partial charge < -0.3 is 5.32 Å². The second-order valence-corrected chi connectivity index (χ2v) is 9.21. The van der Waals surface area contributed by atoms with E-state index in [1.54, 1.807) is 11.3 Å². The minimum Gasteiger partial charge on any atom is -0.317 e. The maximum absolute atomic E-state index is 11.3. The molecule has 3 rings (SSSR count). The molecule has 1 saturated heterocycles. The van der Waals surface area contributed by atoms with Crippen LogP contribution in [0.15, 0.2) is 16.8 Å². The van der Waals surface area contributed by atoms with Crippen molar-refractivity contribution in [2.45, 2.75) is 31.8 Å². The van der Waals surface area contributed by atoms with Crippen molar-refractivity contribution in [3.63, 3.8) is 0 Å². The molecule has 1 saturated carbocycles. The average Bonchev–Trinajstić information content (AvgIpc) is 2.91. The van der Waals surface area contributed by atoms with Gasteiger partial charge in [0.1, 0.15) is 0 Å². The standard InChI is InChI=1S/C15H25N3O2S2/c1-22(19,20)17-7-8-18(11-13-2-9-21-12-13)14-10-15(14)3-5-16-6-4-15/h2,9,12,14,16-17H,3-8,10-11H2,1H3. The number of sulfonamides is 1. The Balaban J connectivity index is 1.61. The van der Waals surface area contributed by atoms with E-state index in [2.05, 4.69) is 31.8 Å². The summed E-state index contributed by atoms with van der Waals surface area (Å²) in [4.78, 5) is 2.48. The normalized spacial score (nSPS) is 24.0. The minimum absolute atomic E-state index is 0.479. The van der Waals surface area contributed by atoms with Gasteiger partial charge in [-0.25, -0.2) is 13.1 Å². The van der Waals surface area contributed by atoms with Crippen LogP contribution in [0.5, 0.6) is 0 Å². The van der Waals surface area contributed by atoms with E-state index in [1.165, 1.54) is 31.1 Å². The van der Waals surface area contributed by atoms with Gasteiger partial charge in [0.05, 0.1) is 6.26 Å². The molecular weight excluding hydrogens is 318 g/mol. The SMILES string of the molecule is CS(=O)(=O)NCCN(Cc1ccsc1)C1CC12CCNCC2. The molecule has 2 fully saturated rings. The zero-order chi connectivity index (χ0) is 15.6. The summed E-state index contributed by atoms with van der Waals surface area (Å²) in [6.07, 6.45) is 4.98. The summed E-state index contributed by atoms with van der Waals surface area (Å²) >= 11 is 1.72. The van der Waals surface area contributed by atoms with Gasteiger partial charge in [-0.1, -0.05) is 0 Å². The quantitative estimate of drug-likeness (QED) is 0.782. The van der Waals surface area contributed by atoms with Crippen molar-refractivity contribution < 1.29 is 8.42 Å². The molecule has 2 aliphatic rings. The summed E-state index contributed by atoms with van der Waals surface area (Å²) < 4.78 is 25.2. The van der Waals surface area contributed by atoms with Crippen LogP contribution in [0.1, 0.15) is 24.8 Å². The molecule has 0 bridgehead atoms. The number of thiophene rings is 1. The smallest absolute Gasteiger partial charge is 0.208 e. The van der Waals surface area contributed by atoms with Crippen molar-refractivity contribution >= 4 is 21.4 Å². The molecule has 22 heavy (non-hydrogen) atoms. The van der Waals surface area contributed by atoms with Crippen LogP contribution in [0.4, 0.5) is 0 Å². The number of nitrogens with one attached hydrogen (secondary N) is 2. The van der Waals surface area contributed by atoms with Crippen LogP contribution in [0.2, 0.25) is 0 Å². The molecule has 0 amide bonds. The Kier molecular flexibility index (Phi) is 4.89. The molecule has 0 radical (unpaired) electrons. The van der Waals surface area contributed by atoms with Crippen LogP contribution < -0.4 is 10.0 Å². The van der Waals surface area contributed by atoms with Crippen LogP contribution in [-0.2, 0) is 16.6 Å². The monoisotopic (exact) mass is 343 g/mol. The molecule has 124 valence electrons. The van der Waals surface area contributed by atoms with Crippen LogP contribution >= 0.6 is 11.3 Å². The molecule has 7 heteroatoms. The third-order valence-electron chi connectivity index (χ3n) is 4.92. The fraction of sp³-hybridized carbons (Fsp3) is 0.733. The molecule has 1 aliphatic carbocycles. The topological polar surface area (TPSA) is 61.4 Å². The van der Waals surface area contributed by atoms with Crippen LogP contribution in [0.25, 0.3) is 0 Å². The Morgan fingerprint density at radius 1 is 1.45 bits per heavy atom. The Bertz CT molecular complexity index is 580. The van der Waals surface area contributed by atoms with Gasteiger partial charge in [0, 0.05) is 25.7 Å². The van der Waals surface area contributed by atoms with Gasteiger partial charge in [-0.05, 0) is 60.2 Å². The molecule has 1 aliphatic heterocycles. The number of hydrogen-bond donors (Lipinski definition) is 2. The van der Waals surface area contributed by atoms with Gasteiger partial charge >= 0.3 is 0 Å². The highest BCUT2D eigenvalue weighted by Crippen LogP contribution is 2.55. The Morgan fingerprint density at radius 3 is 2.86 bits per heavy atom. The van der Waals surface area contributed by atoms with Crippen molar-refractivity contribution in [1.29, 1.82) is 0 Å². The van der Waals surface area contributed by atoms with E-state index >= 15 is 0 Å². The fourth-order valence-corrected chi connectivity index (χ4v) is 4.76. The first-order chi connectivity index (χ1) is 10.5. The molecule has 5 nitrogen and oxygen atoms in total. The van der Waals surface area contributed by atoms with Gasteiger partial charge in [-0.15, -0.1) is 0 Å². The average molecular weight is 344 g/mol. The predicted molar refractivity (Wildman–Crippen MR) is 90.5 cm³/mol. The van der Waals surface area contributed by atoms with Crippen LogP contribution in [0.3, 0.4) is 0 Å². The molecule has 1 aromatic heterocycles. The zero-order valence-electron chi connectivity index (χ0n) is 13.0. The van der Waals surface area contributed by atoms with Gasteiger partial charge in [0.25, 0.3) is 0 Å². The van der Waals surface area contributed by atoms with E-state index in [1.807, 2.05) is 0 Å². The number of rotatable bonds is 7. The van der Waals surface area contributed by atoms with Gasteiger partial charge in [0.15, 0.2) is 0 Å². The van der Waals surface area contributed by atoms with Gasteiger partial charge in [0.2, 0.25) is 10.0 Å². The Hall–Kier alpha value is -0.470. The highest BCUT2D eigenvalue weighted by molar-refractivity contribution is 7.88. The molecule has 0 aromatic carbocycles. The maximum atomic E-state index is 11.3. The first-order valence-electron chi connectivity index (χ1n) is 7.89. The largest absolute Gasteiger partial charge is 0.317 e. The third kappa shape index (κ3) is 4.08. The van der Waals surface area contributed by atoms with E-state index in [-0.39, 0.29) is 0 Å². The summed E-state index contributed by atoms with van der Waals surface area (Å²) in [7, 11) is -3.11. The fourth-order valence-electron chi connectivity index (χ4n) is 3.64. The number of piperidine rings is 1. The molecule has 1 spiro atoms. The summed E-state index contributed by atoms with van der Waals surface area (Å²) in [6.45, 7) is 4.43. The van der Waals surface area contributed by atoms with Crippen molar-refractivity contribution in [1.82, 2.24) is 14.9 Å². The number of nitrogens with zero attached hydrogens (tertiary/aromatic N) is 1. The summed E-state index contributed by atoms with van der Waals surface area (Å²) in [5.41, 5.74) is 1.81.